The van der Waals surface area contributed by atoms with Gasteiger partial charge in [0.05, 0.1) is 0 Å². The molecule has 1 aliphatic heterocycles. The second-order valence-corrected chi connectivity index (χ2v) is 4.35. The third-order valence-corrected chi connectivity index (χ3v) is 2.70. The van der Waals surface area contributed by atoms with E-state index in [1.54, 1.807) is 13.0 Å². The number of hydrogen-bond acceptors (Lipinski definition) is 6. The normalized spacial score (nSPS) is 17.0. The Morgan fingerprint density at radius 1 is 1.20 bits per heavy atom. The topological polar surface area (TPSA) is 69.4 Å². The third-order valence-electron chi connectivity index (χ3n) is 2.70. The van der Waals surface area contributed by atoms with Crippen LogP contribution in [0, 0.1) is 6.92 Å². The van der Waals surface area contributed by atoms with Gasteiger partial charge in [0.1, 0.15) is 6.04 Å². The molecule has 2 aromatic rings. The lowest BCUT2D eigenvalue weighted by atomic mass is 10.2. The van der Waals surface area contributed by atoms with Crippen LogP contribution in [0.15, 0.2) is 22.6 Å². The van der Waals surface area contributed by atoms with Crippen molar-refractivity contribution in [3.63, 3.8) is 0 Å². The van der Waals surface area contributed by atoms with Crippen LogP contribution in [0.5, 0.6) is 11.5 Å². The predicted octanol–water partition coefficient (Wildman–Crippen LogP) is 2.87. The molecular weight excluding hydrogens is 272 g/mol. The fourth-order valence-corrected chi connectivity index (χ4v) is 1.84. The first-order valence-electron chi connectivity index (χ1n) is 5.89. The van der Waals surface area contributed by atoms with Crippen molar-refractivity contribution >= 4 is 5.69 Å². The molecule has 0 saturated carbocycles. The maximum Gasteiger partial charge on any atom is 0.586 e. The lowest BCUT2D eigenvalue weighted by molar-refractivity contribution is -0.286. The van der Waals surface area contributed by atoms with E-state index < -0.39 is 6.29 Å². The minimum atomic E-state index is -3.61. The first-order chi connectivity index (χ1) is 9.43. The number of nitrogens with one attached hydrogen (secondary N) is 1. The number of rotatable bonds is 3. The van der Waals surface area contributed by atoms with E-state index in [0.717, 1.165) is 0 Å². The fourth-order valence-electron chi connectivity index (χ4n) is 1.84. The van der Waals surface area contributed by atoms with Gasteiger partial charge in [0, 0.05) is 18.7 Å². The van der Waals surface area contributed by atoms with Gasteiger partial charge < -0.3 is 19.2 Å². The zero-order valence-corrected chi connectivity index (χ0v) is 10.7. The molecule has 0 amide bonds. The molecule has 106 valence electrons. The summed E-state index contributed by atoms with van der Waals surface area (Å²) in [6.07, 6.45) is -3.61. The van der Waals surface area contributed by atoms with E-state index in [4.69, 9.17) is 4.42 Å². The highest BCUT2D eigenvalue weighted by atomic mass is 19.3. The molecule has 0 aliphatic carbocycles. The van der Waals surface area contributed by atoms with Crippen molar-refractivity contribution in [3.8, 4) is 11.5 Å². The molecule has 8 heteroatoms. The second kappa shape index (κ2) is 4.32. The molecule has 20 heavy (non-hydrogen) atoms. The summed E-state index contributed by atoms with van der Waals surface area (Å²) in [5, 5.41) is 10.7. The SMILES string of the molecule is Cc1nnc([C@@H](C)Nc2ccc3c(c2)OC(F)(F)O3)o1. The highest BCUT2D eigenvalue weighted by molar-refractivity contribution is 5.56. The van der Waals surface area contributed by atoms with Gasteiger partial charge in [-0.15, -0.1) is 19.0 Å². The number of fused-ring (bicyclic) bond motifs is 1. The number of aryl methyl sites for hydroxylation is 1. The standard InChI is InChI=1S/C12H11F2N3O3/c1-6(11-17-16-7(2)18-11)15-8-3-4-9-10(5-8)20-12(13,14)19-9/h3-6,15H,1-2H3/t6-/m1/s1. The average molecular weight is 283 g/mol. The van der Waals surface area contributed by atoms with E-state index >= 15 is 0 Å². The summed E-state index contributed by atoms with van der Waals surface area (Å²) in [5.41, 5.74) is 0.577. The average Bonchev–Trinajstić information content (AvgIpc) is 2.90. The number of ether oxygens (including phenoxy) is 2. The van der Waals surface area contributed by atoms with Crippen LogP contribution in [-0.2, 0) is 0 Å². The largest absolute Gasteiger partial charge is 0.586 e. The summed E-state index contributed by atoms with van der Waals surface area (Å²) in [7, 11) is 0. The number of halogens is 2. The molecule has 6 nitrogen and oxygen atoms in total. The van der Waals surface area contributed by atoms with Gasteiger partial charge in [0.25, 0.3) is 0 Å². The molecule has 0 bridgehead atoms. The first-order valence-corrected chi connectivity index (χ1v) is 5.89. The summed E-state index contributed by atoms with van der Waals surface area (Å²) < 4.78 is 39.8. The molecule has 0 spiro atoms. The Morgan fingerprint density at radius 3 is 2.65 bits per heavy atom. The van der Waals surface area contributed by atoms with Gasteiger partial charge in [-0.3, -0.25) is 0 Å². The molecule has 0 unspecified atom stereocenters. The summed E-state index contributed by atoms with van der Waals surface area (Å²) in [6, 6.07) is 4.17. The van der Waals surface area contributed by atoms with Gasteiger partial charge in [-0.1, -0.05) is 0 Å². The van der Waals surface area contributed by atoms with Crippen LogP contribution in [0.25, 0.3) is 0 Å². The molecule has 1 aromatic heterocycles. The third kappa shape index (κ3) is 2.36. The molecule has 0 saturated heterocycles. The highest BCUT2D eigenvalue weighted by Gasteiger charge is 2.43. The van der Waals surface area contributed by atoms with Crippen LogP contribution in [0.2, 0.25) is 0 Å². The monoisotopic (exact) mass is 283 g/mol. The lowest BCUT2D eigenvalue weighted by Gasteiger charge is -2.11. The van der Waals surface area contributed by atoms with Crippen molar-refractivity contribution < 1.29 is 22.7 Å². The van der Waals surface area contributed by atoms with Crippen molar-refractivity contribution in [2.24, 2.45) is 0 Å². The number of benzene rings is 1. The van der Waals surface area contributed by atoms with E-state index in [0.29, 0.717) is 17.5 Å². The van der Waals surface area contributed by atoms with Crippen molar-refractivity contribution in [2.45, 2.75) is 26.2 Å². The van der Waals surface area contributed by atoms with Crippen molar-refractivity contribution in [3.05, 3.63) is 30.0 Å². The maximum atomic E-state index is 12.9. The van der Waals surface area contributed by atoms with Crippen LogP contribution >= 0.6 is 0 Å². The van der Waals surface area contributed by atoms with Gasteiger partial charge in [-0.25, -0.2) is 0 Å². The molecule has 1 N–H and O–H groups in total. The van der Waals surface area contributed by atoms with E-state index in [2.05, 4.69) is 25.0 Å². The highest BCUT2D eigenvalue weighted by Crippen LogP contribution is 2.42. The summed E-state index contributed by atoms with van der Waals surface area (Å²) in [6.45, 7) is 3.50. The fraction of sp³-hybridized carbons (Fsp3) is 0.333. The number of aromatic nitrogens is 2. The first kappa shape index (κ1) is 12.6. The smallest absolute Gasteiger partial charge is 0.423 e. The minimum Gasteiger partial charge on any atom is -0.423 e. The minimum absolute atomic E-state index is 0.00170. The Bertz CT molecular complexity index is 645. The zero-order valence-electron chi connectivity index (χ0n) is 10.7. The van der Waals surface area contributed by atoms with Crippen LogP contribution in [0.4, 0.5) is 14.5 Å². The van der Waals surface area contributed by atoms with E-state index in [9.17, 15) is 8.78 Å². The molecule has 1 aromatic carbocycles. The van der Waals surface area contributed by atoms with Gasteiger partial charge in [0.15, 0.2) is 11.5 Å². The van der Waals surface area contributed by atoms with Crippen LogP contribution in [0.1, 0.15) is 24.7 Å². The number of alkyl halides is 2. The predicted molar refractivity (Wildman–Crippen MR) is 63.7 cm³/mol. The van der Waals surface area contributed by atoms with E-state index in [1.807, 2.05) is 6.92 Å². The van der Waals surface area contributed by atoms with Crippen molar-refractivity contribution in [2.75, 3.05) is 5.32 Å². The van der Waals surface area contributed by atoms with Gasteiger partial charge in [-0.2, -0.15) is 0 Å². The molecule has 3 rings (SSSR count). The number of nitrogens with zero attached hydrogens (tertiary/aromatic N) is 2. The van der Waals surface area contributed by atoms with Crippen molar-refractivity contribution in [1.82, 2.24) is 10.2 Å². The number of anilines is 1. The molecule has 2 heterocycles. The molecule has 1 aliphatic rings. The van der Waals surface area contributed by atoms with Gasteiger partial charge >= 0.3 is 6.29 Å². The molecular formula is C12H11F2N3O3. The summed E-state index contributed by atoms with van der Waals surface area (Å²) in [5.74, 6) is 0.847. The lowest BCUT2D eigenvalue weighted by Crippen LogP contribution is -2.25. The molecule has 0 fully saturated rings. The molecule has 0 radical (unpaired) electrons. The van der Waals surface area contributed by atoms with Crippen molar-refractivity contribution in [1.29, 1.82) is 0 Å². The summed E-state index contributed by atoms with van der Waals surface area (Å²) >= 11 is 0. The maximum absolute atomic E-state index is 12.9. The van der Waals surface area contributed by atoms with Crippen LogP contribution in [-0.4, -0.2) is 16.5 Å². The Hall–Kier alpha value is -2.38. The Labute approximate surface area is 112 Å². The van der Waals surface area contributed by atoms with Gasteiger partial charge in [-0.05, 0) is 19.1 Å². The Kier molecular flexibility index (Phi) is 2.73. The van der Waals surface area contributed by atoms with E-state index in [-0.39, 0.29) is 17.5 Å². The Balaban J connectivity index is 1.76. The van der Waals surface area contributed by atoms with Crippen LogP contribution < -0.4 is 14.8 Å². The Morgan fingerprint density at radius 2 is 1.95 bits per heavy atom. The summed E-state index contributed by atoms with van der Waals surface area (Å²) in [4.78, 5) is 0. The molecule has 1 atom stereocenters. The quantitative estimate of drug-likeness (QED) is 0.934. The number of hydrogen-bond donors (Lipinski definition) is 1. The van der Waals surface area contributed by atoms with Crippen LogP contribution in [0.3, 0.4) is 0 Å². The second-order valence-electron chi connectivity index (χ2n) is 4.35. The van der Waals surface area contributed by atoms with E-state index in [1.165, 1.54) is 12.1 Å². The zero-order chi connectivity index (χ0) is 14.3. The van der Waals surface area contributed by atoms with Gasteiger partial charge in [0.2, 0.25) is 11.8 Å².